The summed E-state index contributed by atoms with van der Waals surface area (Å²) in [5.41, 5.74) is 6.51. The topological polar surface area (TPSA) is 31.8 Å². The van der Waals surface area contributed by atoms with E-state index in [1.165, 1.54) is 35.5 Å². The van der Waals surface area contributed by atoms with E-state index >= 15 is 0 Å². The number of benzene rings is 2. The first kappa shape index (κ1) is 24.5. The van der Waals surface area contributed by atoms with Gasteiger partial charge >= 0.3 is 0 Å². The number of anilines is 1. The van der Waals surface area contributed by atoms with Crippen LogP contribution >= 0.6 is 15.9 Å². The SMILES string of the molecule is C[C@@H]1CN2C3=C(COC[C@H]2CN1C(c1ccc(F)cc1)c1ccc(F)cc1)CN(C)c1ccc(Br)nc13. The fourth-order valence-electron chi connectivity index (χ4n) is 6.00. The van der Waals surface area contributed by atoms with Gasteiger partial charge in [0.15, 0.2) is 0 Å². The lowest BCUT2D eigenvalue weighted by Gasteiger charge is -2.50. The monoisotopic (exact) mass is 566 g/mol. The van der Waals surface area contributed by atoms with Crippen molar-refractivity contribution in [3.63, 3.8) is 0 Å². The average Bonchev–Trinajstić information content (AvgIpc) is 3.05. The predicted molar refractivity (Wildman–Crippen MR) is 144 cm³/mol. The van der Waals surface area contributed by atoms with Crippen LogP contribution < -0.4 is 4.90 Å². The van der Waals surface area contributed by atoms with Crippen LogP contribution in [0.4, 0.5) is 14.5 Å². The second-order valence-corrected chi connectivity index (χ2v) is 11.0. The summed E-state index contributed by atoms with van der Waals surface area (Å²) in [4.78, 5) is 12.1. The molecule has 0 aliphatic carbocycles. The van der Waals surface area contributed by atoms with Gasteiger partial charge in [0.05, 0.1) is 36.7 Å². The van der Waals surface area contributed by atoms with Crippen LogP contribution in [0.3, 0.4) is 0 Å². The zero-order valence-electron chi connectivity index (χ0n) is 20.9. The van der Waals surface area contributed by atoms with Gasteiger partial charge in [-0.15, -0.1) is 0 Å². The van der Waals surface area contributed by atoms with E-state index in [9.17, 15) is 8.78 Å². The minimum Gasteiger partial charge on any atom is -0.375 e. The zero-order chi connectivity index (χ0) is 25.7. The fourth-order valence-corrected chi connectivity index (χ4v) is 6.31. The molecule has 4 heterocycles. The van der Waals surface area contributed by atoms with E-state index in [4.69, 9.17) is 9.72 Å². The molecule has 2 atom stereocenters. The number of nitrogens with zero attached hydrogens (tertiary/aromatic N) is 4. The Hall–Kier alpha value is -2.81. The third kappa shape index (κ3) is 4.56. The first-order valence-corrected chi connectivity index (χ1v) is 13.4. The largest absolute Gasteiger partial charge is 0.375 e. The number of aromatic nitrogens is 1. The quantitative estimate of drug-likeness (QED) is 0.392. The molecular weight excluding hydrogens is 538 g/mol. The van der Waals surface area contributed by atoms with E-state index in [-0.39, 0.29) is 29.8 Å². The van der Waals surface area contributed by atoms with Crippen LogP contribution in [0.2, 0.25) is 0 Å². The molecule has 0 radical (unpaired) electrons. The molecule has 0 spiro atoms. The van der Waals surface area contributed by atoms with Crippen molar-refractivity contribution in [2.45, 2.75) is 25.0 Å². The fraction of sp³-hybridized carbons (Fsp3) is 0.345. The van der Waals surface area contributed by atoms with E-state index in [1.807, 2.05) is 30.3 Å². The minimum atomic E-state index is -0.268. The Morgan fingerprint density at radius 3 is 2.24 bits per heavy atom. The highest BCUT2D eigenvalue weighted by Gasteiger charge is 2.41. The number of piperazine rings is 1. The van der Waals surface area contributed by atoms with Crippen LogP contribution in [0.15, 0.2) is 70.8 Å². The number of ether oxygens (including phenoxy) is 1. The number of hydrogen-bond acceptors (Lipinski definition) is 5. The lowest BCUT2D eigenvalue weighted by atomic mass is 9.92. The molecule has 37 heavy (non-hydrogen) atoms. The highest BCUT2D eigenvalue weighted by Crippen LogP contribution is 2.41. The molecule has 3 aromatic rings. The van der Waals surface area contributed by atoms with Gasteiger partial charge < -0.3 is 14.5 Å². The molecule has 1 fully saturated rings. The molecule has 0 saturated carbocycles. The molecule has 0 amide bonds. The van der Waals surface area contributed by atoms with Gasteiger partial charge in [-0.1, -0.05) is 24.3 Å². The molecule has 6 rings (SSSR count). The number of fused-ring (bicyclic) bond motifs is 4. The summed E-state index contributed by atoms with van der Waals surface area (Å²) in [6, 6.07) is 17.6. The molecule has 3 aliphatic heterocycles. The van der Waals surface area contributed by atoms with Crippen LogP contribution in [0.5, 0.6) is 0 Å². The zero-order valence-corrected chi connectivity index (χ0v) is 22.5. The van der Waals surface area contributed by atoms with Gasteiger partial charge in [0, 0.05) is 38.3 Å². The molecule has 1 saturated heterocycles. The van der Waals surface area contributed by atoms with Gasteiger partial charge in [-0.3, -0.25) is 4.90 Å². The summed E-state index contributed by atoms with van der Waals surface area (Å²) < 4.78 is 34.7. The van der Waals surface area contributed by atoms with E-state index in [0.717, 1.165) is 46.7 Å². The molecule has 1 aromatic heterocycles. The van der Waals surface area contributed by atoms with Crippen LogP contribution in [0, 0.1) is 11.6 Å². The van der Waals surface area contributed by atoms with E-state index in [1.54, 1.807) is 0 Å². The Morgan fingerprint density at radius 1 is 0.946 bits per heavy atom. The molecule has 8 heteroatoms. The third-order valence-electron chi connectivity index (χ3n) is 7.70. The second-order valence-electron chi connectivity index (χ2n) is 10.2. The van der Waals surface area contributed by atoms with Gasteiger partial charge in [-0.25, -0.2) is 13.8 Å². The maximum atomic E-state index is 13.8. The van der Waals surface area contributed by atoms with E-state index < -0.39 is 0 Å². The predicted octanol–water partition coefficient (Wildman–Crippen LogP) is 5.48. The third-order valence-corrected chi connectivity index (χ3v) is 8.15. The van der Waals surface area contributed by atoms with Crippen molar-refractivity contribution >= 4 is 27.3 Å². The first-order valence-electron chi connectivity index (χ1n) is 12.6. The smallest absolute Gasteiger partial charge is 0.123 e. The molecule has 2 aromatic carbocycles. The van der Waals surface area contributed by atoms with Crippen LogP contribution in [0.25, 0.3) is 5.70 Å². The van der Waals surface area contributed by atoms with Gasteiger partial charge in [0.2, 0.25) is 0 Å². The Labute approximate surface area is 224 Å². The molecule has 0 unspecified atom stereocenters. The summed E-state index contributed by atoms with van der Waals surface area (Å²) in [5, 5.41) is 0. The van der Waals surface area contributed by atoms with Crippen molar-refractivity contribution in [3.05, 3.63) is 99.3 Å². The van der Waals surface area contributed by atoms with Gasteiger partial charge in [-0.05, 0) is 70.4 Å². The molecule has 5 nitrogen and oxygen atoms in total. The highest BCUT2D eigenvalue weighted by molar-refractivity contribution is 9.10. The van der Waals surface area contributed by atoms with Crippen molar-refractivity contribution in [1.82, 2.24) is 14.8 Å². The number of likely N-dealkylation sites (N-methyl/N-ethyl adjacent to an activating group) is 1. The summed E-state index contributed by atoms with van der Waals surface area (Å²) in [6.07, 6.45) is 0. The van der Waals surface area contributed by atoms with Crippen molar-refractivity contribution in [2.24, 2.45) is 0 Å². The van der Waals surface area contributed by atoms with Gasteiger partial charge in [0.1, 0.15) is 21.9 Å². The van der Waals surface area contributed by atoms with Gasteiger partial charge in [0.25, 0.3) is 0 Å². The Balaban J connectivity index is 1.39. The lowest BCUT2D eigenvalue weighted by molar-refractivity contribution is 0.0140. The average molecular weight is 567 g/mol. The normalized spacial score (nSPS) is 22.0. The molecule has 3 aliphatic rings. The first-order chi connectivity index (χ1) is 17.9. The van der Waals surface area contributed by atoms with Crippen LogP contribution in [0.1, 0.15) is 29.8 Å². The summed E-state index contributed by atoms with van der Waals surface area (Å²) >= 11 is 3.57. The number of halogens is 3. The molecular formula is C29H29BrF2N4O. The van der Waals surface area contributed by atoms with Crippen molar-refractivity contribution in [2.75, 3.05) is 44.8 Å². The standard InChI is InChI=1S/C29H29BrF2N4O/c1-18-13-36-24(17-37-16-21-14-34(2)25-11-12-26(30)33-27(25)29(21)36)15-35(18)28(19-3-7-22(31)8-4-19)20-5-9-23(32)10-6-20/h3-12,18,24,28H,13-17H2,1-2H3/t18-,24-/m1/s1. The summed E-state index contributed by atoms with van der Waals surface area (Å²) in [6.45, 7) is 5.75. The van der Waals surface area contributed by atoms with Crippen molar-refractivity contribution < 1.29 is 13.5 Å². The molecule has 192 valence electrons. The maximum absolute atomic E-state index is 13.8. The number of rotatable bonds is 3. The highest BCUT2D eigenvalue weighted by atomic mass is 79.9. The molecule has 0 bridgehead atoms. The lowest BCUT2D eigenvalue weighted by Crippen LogP contribution is -2.58. The van der Waals surface area contributed by atoms with Crippen molar-refractivity contribution in [1.29, 1.82) is 0 Å². The van der Waals surface area contributed by atoms with E-state index in [2.05, 4.69) is 50.7 Å². The van der Waals surface area contributed by atoms with Crippen LogP contribution in [-0.2, 0) is 4.74 Å². The Kier molecular flexibility index (Phi) is 6.51. The summed E-state index contributed by atoms with van der Waals surface area (Å²) in [5.74, 6) is -0.536. The Morgan fingerprint density at radius 2 is 1.59 bits per heavy atom. The van der Waals surface area contributed by atoms with Crippen molar-refractivity contribution in [3.8, 4) is 0 Å². The molecule has 0 N–H and O–H groups in total. The van der Waals surface area contributed by atoms with E-state index in [0.29, 0.717) is 13.2 Å². The minimum absolute atomic E-state index is 0.115. The Bertz CT molecular complexity index is 1290. The number of hydrogen-bond donors (Lipinski definition) is 0. The summed E-state index contributed by atoms with van der Waals surface area (Å²) in [7, 11) is 2.09. The van der Waals surface area contributed by atoms with Crippen LogP contribution in [-0.4, -0.2) is 66.8 Å². The second kappa shape index (κ2) is 9.82. The van der Waals surface area contributed by atoms with Gasteiger partial charge in [-0.2, -0.15) is 0 Å². The maximum Gasteiger partial charge on any atom is 0.123 e. The number of pyridine rings is 1.